The Labute approximate surface area is 481 Å². The number of allylic oxidation sites excluding steroid dienone is 28. The Morgan fingerprint density at radius 3 is 0.654 bits per heavy atom. The Bertz CT molecular complexity index is 2350. The monoisotopic (exact) mass is 1070 g/mol. The van der Waals surface area contributed by atoms with Crippen LogP contribution in [0.1, 0.15) is 264 Å². The van der Waals surface area contributed by atoms with Crippen molar-refractivity contribution >= 4 is 11.6 Å². The summed E-state index contributed by atoms with van der Waals surface area (Å²) in [6, 6.07) is 0. The van der Waals surface area contributed by atoms with E-state index < -0.39 is 0 Å². The molecular weight excluding hydrogens is 953 g/mol. The summed E-state index contributed by atoms with van der Waals surface area (Å²) in [5.74, 6) is -0.573. The van der Waals surface area contributed by atoms with E-state index in [-0.39, 0.29) is 23.1 Å². The Morgan fingerprint density at radius 1 is 0.282 bits per heavy atom. The van der Waals surface area contributed by atoms with Crippen molar-refractivity contribution in [2.24, 2.45) is 0 Å². The zero-order valence-electron chi connectivity index (χ0n) is 53.3. The van der Waals surface area contributed by atoms with Crippen LogP contribution in [0, 0.1) is 0 Å². The molecule has 1 aliphatic rings. The third-order valence-corrected chi connectivity index (χ3v) is 15.2. The van der Waals surface area contributed by atoms with Crippen molar-refractivity contribution in [1.82, 2.24) is 0 Å². The smallest absolute Gasteiger partial charge is 0.228 e. The second-order valence-electron chi connectivity index (χ2n) is 23.4. The highest BCUT2D eigenvalue weighted by Gasteiger charge is 2.34. The van der Waals surface area contributed by atoms with Crippen LogP contribution in [-0.2, 0) is 19.1 Å². The van der Waals surface area contributed by atoms with E-state index in [9.17, 15) is 9.59 Å². The molecule has 434 valence electrons. The second-order valence-corrected chi connectivity index (χ2v) is 23.4. The zero-order chi connectivity index (χ0) is 58.3. The van der Waals surface area contributed by atoms with Gasteiger partial charge in [-0.1, -0.05) is 151 Å². The predicted octanol–water partition coefficient (Wildman–Crippen LogP) is 23.0. The first-order valence-electron chi connectivity index (χ1n) is 30.3. The van der Waals surface area contributed by atoms with Crippen molar-refractivity contribution in [3.63, 3.8) is 0 Å². The Hall–Kier alpha value is -4.96. The summed E-state index contributed by atoms with van der Waals surface area (Å²) in [5.41, 5.74) is 20.0. The van der Waals surface area contributed by atoms with Gasteiger partial charge in [0, 0.05) is 11.1 Å². The first kappa shape index (κ1) is 71.1. The maximum absolute atomic E-state index is 12.9. The lowest BCUT2D eigenvalue weighted by atomic mass is 9.90. The molecular formula is C74H114O4. The van der Waals surface area contributed by atoms with Gasteiger partial charge < -0.3 is 9.47 Å². The number of ketones is 2. The molecule has 0 radical (unpaired) electrons. The van der Waals surface area contributed by atoms with Crippen molar-refractivity contribution in [2.45, 2.75) is 264 Å². The lowest BCUT2D eigenvalue weighted by molar-refractivity contribution is -0.121. The van der Waals surface area contributed by atoms with Gasteiger partial charge in [0.05, 0.1) is 14.2 Å². The molecule has 0 atom stereocenters. The largest absolute Gasteiger partial charge is 0.489 e. The molecule has 0 saturated carbocycles. The van der Waals surface area contributed by atoms with Gasteiger partial charge in [-0.05, 0) is 264 Å². The molecule has 0 heterocycles. The summed E-state index contributed by atoms with van der Waals surface area (Å²) >= 11 is 0. The van der Waals surface area contributed by atoms with E-state index in [2.05, 4.69) is 176 Å². The average Bonchev–Trinajstić information content (AvgIpc) is 3.38. The fraction of sp³-hybridized carbons (Fsp3) is 0.568. The van der Waals surface area contributed by atoms with Crippen LogP contribution in [0.3, 0.4) is 0 Å². The third-order valence-electron chi connectivity index (χ3n) is 15.2. The number of methoxy groups -OCH3 is 2. The van der Waals surface area contributed by atoms with Crippen molar-refractivity contribution in [3.8, 4) is 0 Å². The summed E-state index contributed by atoms with van der Waals surface area (Å²) in [7, 11) is 2.78. The molecule has 0 aromatic carbocycles. The van der Waals surface area contributed by atoms with Crippen LogP contribution in [0.25, 0.3) is 0 Å². The van der Waals surface area contributed by atoms with E-state index in [1.165, 1.54) is 112 Å². The van der Waals surface area contributed by atoms with Gasteiger partial charge in [0.25, 0.3) is 0 Å². The van der Waals surface area contributed by atoms with Gasteiger partial charge in [0.1, 0.15) is 0 Å². The Balaban J connectivity index is 2.28. The quantitative estimate of drug-likeness (QED) is 0.0453. The van der Waals surface area contributed by atoms with Gasteiger partial charge in [-0.2, -0.15) is 0 Å². The highest BCUT2D eigenvalue weighted by Crippen LogP contribution is 2.29. The second kappa shape index (κ2) is 42.9. The molecule has 78 heavy (non-hydrogen) atoms. The van der Waals surface area contributed by atoms with Crippen molar-refractivity contribution in [3.05, 3.63) is 174 Å². The number of hydrogen-bond acceptors (Lipinski definition) is 4. The van der Waals surface area contributed by atoms with Crippen LogP contribution >= 0.6 is 0 Å². The van der Waals surface area contributed by atoms with Crippen molar-refractivity contribution < 1.29 is 19.1 Å². The van der Waals surface area contributed by atoms with E-state index in [1.807, 2.05) is 0 Å². The molecule has 0 N–H and O–H groups in total. The molecule has 0 spiro atoms. The van der Waals surface area contributed by atoms with E-state index in [4.69, 9.17) is 9.47 Å². The SMILES string of the molecule is COC1=C(OC)C(=O)C(C/C=C(\C)CC/C=C(\C)CC/C=C(\C)CC/C=C(\C)CC/C=C(\C)CC/C=C(\C)CC/C=C(\C)CC/C=C(\C)CC/C=C(\C)CC/C=C(\C)CC/C=C(\C)CC/C=C(\C)CCC=C(C)C)=C(C)C1=O. The first-order valence-corrected chi connectivity index (χ1v) is 30.3. The molecule has 0 aliphatic heterocycles. The number of Topliss-reactive ketones (excluding diaryl/α,β-unsaturated/α-hetero) is 2. The molecule has 0 aromatic heterocycles. The fourth-order valence-corrected chi connectivity index (χ4v) is 9.54. The first-order chi connectivity index (χ1) is 37.2. The van der Waals surface area contributed by atoms with Crippen LogP contribution in [0.5, 0.6) is 0 Å². The number of carbonyl (C=O) groups is 2. The molecule has 0 saturated heterocycles. The van der Waals surface area contributed by atoms with Gasteiger partial charge in [-0.3, -0.25) is 9.59 Å². The number of carbonyl (C=O) groups excluding carboxylic acids is 2. The standard InChI is InChI=1S/C74H114O4/c1-56(2)30-18-31-57(3)32-19-33-58(4)34-20-35-59(5)36-21-37-60(6)38-22-39-61(7)40-23-41-62(8)42-24-43-63(9)44-25-45-64(10)46-26-47-65(11)48-27-49-66(12)50-28-51-67(13)52-29-53-68(14)54-55-70-69(15)71(75)73(77-16)74(78-17)72(70)76/h30,32,34,36,38,40,42,44,46,48,50,52,54H,18-29,31,33,35,37,39,41,43,45,47,49,51,53,55H2,1-17H3/b57-32+,58-34+,59-36+,60-38+,61-40+,62-42+,63-44+,64-46+,65-48+,66-50+,67-52+,68-54+. The van der Waals surface area contributed by atoms with Crippen LogP contribution in [0.15, 0.2) is 174 Å². The molecule has 0 aromatic rings. The van der Waals surface area contributed by atoms with E-state index >= 15 is 0 Å². The summed E-state index contributed by atoms with van der Waals surface area (Å²) in [6.45, 7) is 33.3. The minimum absolute atomic E-state index is 0.00696. The van der Waals surface area contributed by atoms with Gasteiger partial charge in [-0.15, -0.1) is 0 Å². The van der Waals surface area contributed by atoms with Gasteiger partial charge in [-0.25, -0.2) is 0 Å². The van der Waals surface area contributed by atoms with Crippen molar-refractivity contribution in [1.29, 1.82) is 0 Å². The third kappa shape index (κ3) is 34.8. The molecule has 4 heteroatoms. The Morgan fingerprint density at radius 2 is 0.462 bits per heavy atom. The maximum atomic E-state index is 12.9. The lowest BCUT2D eigenvalue weighted by Crippen LogP contribution is -2.24. The summed E-state index contributed by atoms with van der Waals surface area (Å²) in [6.07, 6.45) is 58.6. The minimum Gasteiger partial charge on any atom is -0.489 e. The molecule has 4 nitrogen and oxygen atoms in total. The number of hydrogen-bond donors (Lipinski definition) is 0. The van der Waals surface area contributed by atoms with E-state index in [0.717, 1.165) is 128 Å². The topological polar surface area (TPSA) is 52.6 Å². The maximum Gasteiger partial charge on any atom is 0.228 e. The Kier molecular flexibility index (Phi) is 39.1. The highest BCUT2D eigenvalue weighted by molar-refractivity contribution is 6.23. The van der Waals surface area contributed by atoms with E-state index in [0.29, 0.717) is 17.6 Å². The minimum atomic E-state index is -0.284. The molecule has 0 unspecified atom stereocenters. The zero-order valence-corrected chi connectivity index (χ0v) is 53.3. The predicted molar refractivity (Wildman–Crippen MR) is 344 cm³/mol. The van der Waals surface area contributed by atoms with Crippen LogP contribution < -0.4 is 0 Å². The van der Waals surface area contributed by atoms with Crippen LogP contribution in [0.4, 0.5) is 0 Å². The summed E-state index contributed by atoms with van der Waals surface area (Å²) < 4.78 is 10.4. The van der Waals surface area contributed by atoms with Crippen LogP contribution in [-0.4, -0.2) is 25.8 Å². The normalized spacial score (nSPS) is 15.9. The van der Waals surface area contributed by atoms with Gasteiger partial charge in [0.15, 0.2) is 0 Å². The van der Waals surface area contributed by atoms with Crippen LogP contribution in [0.2, 0.25) is 0 Å². The molecule has 0 amide bonds. The van der Waals surface area contributed by atoms with Gasteiger partial charge >= 0.3 is 0 Å². The van der Waals surface area contributed by atoms with E-state index in [1.54, 1.807) is 6.92 Å². The van der Waals surface area contributed by atoms with Crippen molar-refractivity contribution in [2.75, 3.05) is 14.2 Å². The molecule has 1 aliphatic carbocycles. The number of rotatable bonds is 40. The van der Waals surface area contributed by atoms with Gasteiger partial charge in [0.2, 0.25) is 23.1 Å². The highest BCUT2D eigenvalue weighted by atomic mass is 16.5. The molecule has 0 bridgehead atoms. The fourth-order valence-electron chi connectivity index (χ4n) is 9.54. The summed E-state index contributed by atoms with van der Waals surface area (Å²) in [5, 5.41) is 0. The molecule has 0 fully saturated rings. The average molecular weight is 1070 g/mol. The molecule has 1 rings (SSSR count). The summed E-state index contributed by atoms with van der Waals surface area (Å²) in [4.78, 5) is 25.6. The lowest BCUT2D eigenvalue weighted by Gasteiger charge is -2.19. The number of ether oxygens (including phenoxy) is 2.